The van der Waals surface area contributed by atoms with Gasteiger partial charge in [0.1, 0.15) is 11.8 Å². The maximum absolute atomic E-state index is 12.0. The Labute approximate surface area is 112 Å². The summed E-state index contributed by atoms with van der Waals surface area (Å²) in [6.45, 7) is 0. The van der Waals surface area contributed by atoms with Gasteiger partial charge >= 0.3 is 18.1 Å². The summed E-state index contributed by atoms with van der Waals surface area (Å²) in [4.78, 5) is 21.5. The van der Waals surface area contributed by atoms with Gasteiger partial charge < -0.3 is 15.5 Å². The van der Waals surface area contributed by atoms with Gasteiger partial charge in [0, 0.05) is 0 Å². The molecule has 0 aliphatic heterocycles. The first kappa shape index (κ1) is 15.8. The number of aliphatic carboxylic acids is 1. The first-order chi connectivity index (χ1) is 9.20. The second kappa shape index (κ2) is 6.27. The monoisotopic (exact) mass is 291 g/mol. The van der Waals surface area contributed by atoms with Gasteiger partial charge in [0.25, 0.3) is 0 Å². The van der Waals surface area contributed by atoms with E-state index >= 15 is 0 Å². The van der Waals surface area contributed by atoms with E-state index in [9.17, 15) is 22.8 Å². The topological polar surface area (TPSA) is 86.6 Å². The first-order valence-electron chi connectivity index (χ1n) is 5.58. The molecule has 20 heavy (non-hydrogen) atoms. The van der Waals surface area contributed by atoms with Crippen LogP contribution in [-0.4, -0.2) is 34.3 Å². The van der Waals surface area contributed by atoms with Gasteiger partial charge in [0.15, 0.2) is 0 Å². The number of aryl methyl sites for hydroxylation is 1. The molecular formula is C12H12F3NO4. The molecule has 0 bridgehead atoms. The Kier molecular flexibility index (Phi) is 4.95. The van der Waals surface area contributed by atoms with E-state index in [0.717, 1.165) is 0 Å². The molecule has 5 nitrogen and oxygen atoms in total. The Bertz CT molecular complexity index is 484. The highest BCUT2D eigenvalue weighted by Crippen LogP contribution is 2.16. The van der Waals surface area contributed by atoms with Crippen molar-refractivity contribution in [3.63, 3.8) is 0 Å². The van der Waals surface area contributed by atoms with Gasteiger partial charge in [-0.05, 0) is 30.5 Å². The van der Waals surface area contributed by atoms with Crippen LogP contribution in [0.3, 0.4) is 0 Å². The second-order valence-corrected chi connectivity index (χ2v) is 4.07. The summed E-state index contributed by atoms with van der Waals surface area (Å²) < 4.78 is 36.1. The molecular weight excluding hydrogens is 279 g/mol. The van der Waals surface area contributed by atoms with Crippen LogP contribution in [0.1, 0.15) is 12.0 Å². The Morgan fingerprint density at radius 1 is 1.20 bits per heavy atom. The number of phenols is 1. The number of carbonyl (C=O) groups excluding carboxylic acids is 1. The molecule has 3 N–H and O–H groups in total. The molecule has 0 radical (unpaired) electrons. The standard InChI is InChI=1S/C12H12F3NO4/c13-12(14,15)11(20)16-9(10(18)19)6-3-7-1-4-8(17)5-2-7/h1-2,4-5,9,17H,3,6H2,(H,16,20)(H,18,19)/t9-/m0/s1. The van der Waals surface area contributed by atoms with Crippen molar-refractivity contribution in [2.24, 2.45) is 0 Å². The Balaban J connectivity index is 2.62. The maximum Gasteiger partial charge on any atom is 0.471 e. The van der Waals surface area contributed by atoms with Crippen LogP contribution in [0.2, 0.25) is 0 Å². The Hall–Kier alpha value is -2.25. The van der Waals surface area contributed by atoms with Gasteiger partial charge in [-0.1, -0.05) is 12.1 Å². The molecule has 0 fully saturated rings. The largest absolute Gasteiger partial charge is 0.508 e. The predicted molar refractivity (Wildman–Crippen MR) is 62.0 cm³/mol. The molecule has 1 aromatic rings. The molecule has 0 aliphatic carbocycles. The molecule has 1 atom stereocenters. The smallest absolute Gasteiger partial charge is 0.471 e. The number of alkyl halides is 3. The molecule has 0 aromatic heterocycles. The first-order valence-corrected chi connectivity index (χ1v) is 5.58. The highest BCUT2D eigenvalue weighted by molar-refractivity contribution is 5.86. The zero-order chi connectivity index (χ0) is 15.3. The van der Waals surface area contributed by atoms with Gasteiger partial charge in [0.2, 0.25) is 0 Å². The van der Waals surface area contributed by atoms with Crippen molar-refractivity contribution < 1.29 is 33.0 Å². The van der Waals surface area contributed by atoms with E-state index in [1.807, 2.05) is 0 Å². The van der Waals surface area contributed by atoms with Crippen LogP contribution in [-0.2, 0) is 16.0 Å². The molecule has 0 unspecified atom stereocenters. The second-order valence-electron chi connectivity index (χ2n) is 4.07. The van der Waals surface area contributed by atoms with E-state index in [-0.39, 0.29) is 18.6 Å². The van der Waals surface area contributed by atoms with Gasteiger partial charge in [-0.25, -0.2) is 4.79 Å². The molecule has 1 aromatic carbocycles. The van der Waals surface area contributed by atoms with Crippen molar-refractivity contribution in [1.82, 2.24) is 5.32 Å². The number of halogens is 3. The molecule has 0 heterocycles. The third-order valence-electron chi connectivity index (χ3n) is 2.52. The minimum absolute atomic E-state index is 0.0221. The highest BCUT2D eigenvalue weighted by atomic mass is 19.4. The van der Waals surface area contributed by atoms with E-state index in [2.05, 4.69) is 0 Å². The summed E-state index contributed by atoms with van der Waals surface area (Å²) in [7, 11) is 0. The zero-order valence-corrected chi connectivity index (χ0v) is 10.1. The normalized spacial score (nSPS) is 12.8. The number of aromatic hydroxyl groups is 1. The predicted octanol–water partition coefficient (Wildman–Crippen LogP) is 1.46. The average molecular weight is 291 g/mol. The SMILES string of the molecule is O=C(O)[C@H](CCc1ccc(O)cc1)NC(=O)C(F)(F)F. The average Bonchev–Trinajstić information content (AvgIpc) is 2.34. The van der Waals surface area contributed by atoms with Crippen molar-refractivity contribution >= 4 is 11.9 Å². The number of rotatable bonds is 5. The molecule has 8 heteroatoms. The van der Waals surface area contributed by atoms with Crippen molar-refractivity contribution in [3.05, 3.63) is 29.8 Å². The van der Waals surface area contributed by atoms with Gasteiger partial charge in [-0.3, -0.25) is 4.79 Å². The number of hydrogen-bond donors (Lipinski definition) is 3. The Morgan fingerprint density at radius 2 is 1.75 bits per heavy atom. The minimum atomic E-state index is -5.12. The van der Waals surface area contributed by atoms with Crippen molar-refractivity contribution in [1.29, 1.82) is 0 Å². The minimum Gasteiger partial charge on any atom is -0.508 e. The number of carboxylic acid groups (broad SMARTS) is 1. The van der Waals surface area contributed by atoms with Crippen LogP contribution < -0.4 is 5.32 Å². The number of benzene rings is 1. The van der Waals surface area contributed by atoms with Crippen LogP contribution >= 0.6 is 0 Å². The van der Waals surface area contributed by atoms with E-state index in [4.69, 9.17) is 10.2 Å². The van der Waals surface area contributed by atoms with Crippen LogP contribution in [0.15, 0.2) is 24.3 Å². The van der Waals surface area contributed by atoms with Crippen LogP contribution in [0.25, 0.3) is 0 Å². The molecule has 0 saturated heterocycles. The zero-order valence-electron chi connectivity index (χ0n) is 10.1. The van der Waals surface area contributed by atoms with Gasteiger partial charge in [0.05, 0.1) is 0 Å². The van der Waals surface area contributed by atoms with Crippen molar-refractivity contribution in [2.45, 2.75) is 25.1 Å². The number of carboxylic acids is 1. The molecule has 1 amide bonds. The van der Waals surface area contributed by atoms with E-state index in [1.54, 1.807) is 0 Å². The lowest BCUT2D eigenvalue weighted by Gasteiger charge is -2.15. The van der Waals surface area contributed by atoms with Crippen LogP contribution in [0.4, 0.5) is 13.2 Å². The number of amides is 1. The van der Waals surface area contributed by atoms with Crippen molar-refractivity contribution in [2.75, 3.05) is 0 Å². The molecule has 110 valence electrons. The molecule has 0 saturated carbocycles. The summed E-state index contributed by atoms with van der Waals surface area (Å²) in [5, 5.41) is 19.3. The maximum atomic E-state index is 12.0. The lowest BCUT2D eigenvalue weighted by molar-refractivity contribution is -0.175. The summed E-state index contributed by atoms with van der Waals surface area (Å²) in [5.74, 6) is -3.80. The number of nitrogens with one attached hydrogen (secondary N) is 1. The number of carbonyl (C=O) groups is 2. The fraction of sp³-hybridized carbons (Fsp3) is 0.333. The molecule has 1 rings (SSSR count). The number of hydrogen-bond acceptors (Lipinski definition) is 3. The fourth-order valence-electron chi connectivity index (χ4n) is 1.47. The van der Waals surface area contributed by atoms with E-state index < -0.39 is 24.1 Å². The quantitative estimate of drug-likeness (QED) is 0.766. The third kappa shape index (κ3) is 4.79. The summed E-state index contributed by atoms with van der Waals surface area (Å²) in [6.07, 6.45) is -5.16. The summed E-state index contributed by atoms with van der Waals surface area (Å²) in [5.41, 5.74) is 0.635. The van der Waals surface area contributed by atoms with Crippen LogP contribution in [0.5, 0.6) is 5.75 Å². The van der Waals surface area contributed by atoms with Gasteiger partial charge in [-0.2, -0.15) is 13.2 Å². The highest BCUT2D eigenvalue weighted by Gasteiger charge is 2.40. The van der Waals surface area contributed by atoms with Gasteiger partial charge in [-0.15, -0.1) is 0 Å². The number of phenolic OH excluding ortho intramolecular Hbond substituents is 1. The van der Waals surface area contributed by atoms with E-state index in [0.29, 0.717) is 5.56 Å². The summed E-state index contributed by atoms with van der Waals surface area (Å²) in [6, 6.07) is 4.15. The van der Waals surface area contributed by atoms with Crippen LogP contribution in [0, 0.1) is 0 Å². The molecule has 0 spiro atoms. The lowest BCUT2D eigenvalue weighted by atomic mass is 10.1. The van der Waals surface area contributed by atoms with Crippen molar-refractivity contribution in [3.8, 4) is 5.75 Å². The third-order valence-corrected chi connectivity index (χ3v) is 2.52. The Morgan fingerprint density at radius 3 is 2.20 bits per heavy atom. The molecule has 0 aliphatic rings. The lowest BCUT2D eigenvalue weighted by Crippen LogP contribution is -2.47. The summed E-state index contributed by atoms with van der Waals surface area (Å²) >= 11 is 0. The fourth-order valence-corrected chi connectivity index (χ4v) is 1.47. The van der Waals surface area contributed by atoms with E-state index in [1.165, 1.54) is 29.6 Å².